The van der Waals surface area contributed by atoms with Crippen LogP contribution in [0.2, 0.25) is 0 Å². The zero-order valence-electron chi connectivity index (χ0n) is 23.7. The largest absolute Gasteiger partial charge is 0.458 e. The van der Waals surface area contributed by atoms with Gasteiger partial charge in [0.1, 0.15) is 17.2 Å². The molecule has 0 atom stereocenters. The quantitative estimate of drug-likeness (QED) is 0.0526. The summed E-state index contributed by atoms with van der Waals surface area (Å²) in [5.41, 5.74) is 16.0. The Balaban J connectivity index is 1.05. The highest BCUT2D eigenvalue weighted by Gasteiger charge is 2.09. The van der Waals surface area contributed by atoms with Crippen molar-refractivity contribution in [3.8, 4) is 28.4 Å². The summed E-state index contributed by atoms with van der Waals surface area (Å²) in [4.78, 5) is 24.4. The van der Waals surface area contributed by atoms with Crippen LogP contribution in [0, 0.1) is 0 Å². The van der Waals surface area contributed by atoms with Crippen LogP contribution in [-0.4, -0.2) is 25.3 Å². The summed E-state index contributed by atoms with van der Waals surface area (Å²) in [6, 6.07) is 36.1. The number of benzene rings is 5. The van der Waals surface area contributed by atoms with Crippen LogP contribution < -0.4 is 25.7 Å². The van der Waals surface area contributed by atoms with Gasteiger partial charge in [0, 0.05) is 16.9 Å². The van der Waals surface area contributed by atoms with Gasteiger partial charge in [0.15, 0.2) is 5.78 Å². The van der Waals surface area contributed by atoms with Crippen molar-refractivity contribution in [2.24, 2.45) is 0 Å². The lowest BCUT2D eigenvalue weighted by Gasteiger charge is -2.10. The normalized spacial score (nSPS) is 10.7. The van der Waals surface area contributed by atoms with Crippen LogP contribution in [0.5, 0.6) is 17.2 Å². The van der Waals surface area contributed by atoms with Crippen LogP contribution in [0.1, 0.15) is 26.3 Å². The summed E-state index contributed by atoms with van der Waals surface area (Å²) in [6.07, 6.45) is 3.33. The molecule has 0 saturated carbocycles. The van der Waals surface area contributed by atoms with Crippen LogP contribution in [-0.2, 0) is 4.74 Å². The lowest BCUT2D eigenvalue weighted by molar-refractivity contribution is 0.0154. The first-order chi connectivity index (χ1) is 21.4. The molecule has 0 radical (unpaired) electrons. The van der Waals surface area contributed by atoms with E-state index in [0.29, 0.717) is 34.2 Å². The molecule has 0 aromatic heterocycles. The summed E-state index contributed by atoms with van der Waals surface area (Å²) < 4.78 is 22.1. The molecule has 0 heterocycles. The van der Waals surface area contributed by atoms with E-state index in [1.54, 1.807) is 42.5 Å². The highest BCUT2D eigenvalue weighted by atomic mass is 16.7. The van der Waals surface area contributed by atoms with E-state index in [1.807, 2.05) is 78.9 Å². The van der Waals surface area contributed by atoms with Crippen molar-refractivity contribution in [3.63, 3.8) is 0 Å². The molecule has 5 aromatic carbocycles. The standard InChI is InChI=1S/C36H30N2O6/c37-30-20-29(21-31(38)22-30)36(40)44-24-43-34-17-11-27(12-18-34)26-9-15-33(16-10-26)42-23-41-32-13-6-25(7-14-32)8-19-35(39)28-4-2-1-3-5-28/h1-22H,23-24,37-38H2. The Kier molecular flexibility index (Phi) is 9.54. The Morgan fingerprint density at radius 1 is 0.568 bits per heavy atom. The first kappa shape index (κ1) is 29.5. The van der Waals surface area contributed by atoms with Crippen molar-refractivity contribution >= 4 is 29.2 Å². The summed E-state index contributed by atoms with van der Waals surface area (Å²) in [7, 11) is 0. The summed E-state index contributed by atoms with van der Waals surface area (Å²) in [6.45, 7) is -0.208. The molecule has 4 N–H and O–H groups in total. The molecule has 44 heavy (non-hydrogen) atoms. The van der Waals surface area contributed by atoms with Gasteiger partial charge in [0.05, 0.1) is 5.56 Å². The molecule has 8 heteroatoms. The monoisotopic (exact) mass is 586 g/mol. The van der Waals surface area contributed by atoms with Gasteiger partial charge in [-0.05, 0) is 77.4 Å². The number of nitrogen functional groups attached to an aromatic ring is 2. The Labute approximate surface area is 255 Å². The molecular formula is C36H30N2O6. The molecule has 0 aliphatic carbocycles. The lowest BCUT2D eigenvalue weighted by Crippen LogP contribution is -2.11. The third kappa shape index (κ3) is 8.27. The zero-order chi connectivity index (χ0) is 30.7. The molecule has 0 aliphatic rings. The maximum Gasteiger partial charge on any atom is 0.341 e. The van der Waals surface area contributed by atoms with Crippen LogP contribution in [0.4, 0.5) is 11.4 Å². The van der Waals surface area contributed by atoms with E-state index in [0.717, 1.165) is 16.7 Å². The van der Waals surface area contributed by atoms with E-state index in [-0.39, 0.29) is 24.9 Å². The van der Waals surface area contributed by atoms with Crippen molar-refractivity contribution in [3.05, 3.63) is 144 Å². The van der Waals surface area contributed by atoms with Gasteiger partial charge in [-0.15, -0.1) is 0 Å². The fourth-order valence-electron chi connectivity index (χ4n) is 4.23. The smallest absolute Gasteiger partial charge is 0.341 e. The van der Waals surface area contributed by atoms with Gasteiger partial charge in [-0.3, -0.25) is 4.79 Å². The minimum absolute atomic E-state index is 0.0443. The Morgan fingerprint density at radius 2 is 1.07 bits per heavy atom. The number of rotatable bonds is 12. The summed E-state index contributed by atoms with van der Waals surface area (Å²) in [5.74, 6) is 1.24. The third-order valence-corrected chi connectivity index (χ3v) is 6.49. The molecule has 5 rings (SSSR count). The molecular weight excluding hydrogens is 556 g/mol. The van der Waals surface area contributed by atoms with Crippen molar-refractivity contribution in [2.75, 3.05) is 25.1 Å². The average Bonchev–Trinajstić information content (AvgIpc) is 3.05. The minimum Gasteiger partial charge on any atom is -0.458 e. The molecule has 8 nitrogen and oxygen atoms in total. The van der Waals surface area contributed by atoms with Gasteiger partial charge in [0.25, 0.3) is 0 Å². The second kappa shape index (κ2) is 14.2. The molecule has 0 saturated heterocycles. The van der Waals surface area contributed by atoms with Crippen LogP contribution in [0.15, 0.2) is 127 Å². The van der Waals surface area contributed by atoms with Crippen LogP contribution >= 0.6 is 0 Å². The number of carbonyl (C=O) groups excluding carboxylic acids is 2. The fourth-order valence-corrected chi connectivity index (χ4v) is 4.23. The summed E-state index contributed by atoms with van der Waals surface area (Å²) in [5, 5.41) is 0. The predicted molar refractivity (Wildman–Crippen MR) is 170 cm³/mol. The zero-order valence-corrected chi connectivity index (χ0v) is 23.7. The number of esters is 1. The number of hydrogen-bond donors (Lipinski definition) is 2. The second-order valence-electron chi connectivity index (χ2n) is 9.67. The van der Waals surface area contributed by atoms with Crippen molar-refractivity contribution in [2.45, 2.75) is 0 Å². The molecule has 0 aliphatic heterocycles. The summed E-state index contributed by atoms with van der Waals surface area (Å²) >= 11 is 0. The molecule has 0 spiro atoms. The average molecular weight is 587 g/mol. The SMILES string of the molecule is Nc1cc(N)cc(C(=O)OCOc2ccc(-c3ccc(OCOc4ccc(C=CC(=O)c5ccccc5)cc4)cc3)cc2)c1. The van der Waals surface area contributed by atoms with Crippen molar-refractivity contribution < 1.29 is 28.5 Å². The van der Waals surface area contributed by atoms with Gasteiger partial charge in [0.2, 0.25) is 13.6 Å². The van der Waals surface area contributed by atoms with E-state index in [4.69, 9.17) is 30.4 Å². The number of nitrogens with two attached hydrogens (primary N) is 2. The minimum atomic E-state index is -0.576. The topological polar surface area (TPSA) is 123 Å². The Hall–Kier alpha value is -6.02. The molecule has 220 valence electrons. The van der Waals surface area contributed by atoms with Gasteiger partial charge in [-0.1, -0.05) is 72.8 Å². The van der Waals surface area contributed by atoms with E-state index in [1.165, 1.54) is 12.1 Å². The molecule has 0 unspecified atom stereocenters. The van der Waals surface area contributed by atoms with Gasteiger partial charge in [-0.2, -0.15) is 0 Å². The third-order valence-electron chi connectivity index (χ3n) is 6.49. The van der Waals surface area contributed by atoms with E-state index < -0.39 is 5.97 Å². The highest BCUT2D eigenvalue weighted by Crippen LogP contribution is 2.25. The number of carbonyl (C=O) groups is 2. The number of ketones is 1. The number of ether oxygens (including phenoxy) is 4. The number of allylic oxidation sites excluding steroid dienone is 1. The first-order valence-corrected chi connectivity index (χ1v) is 13.7. The maximum atomic E-state index is 12.2. The lowest BCUT2D eigenvalue weighted by atomic mass is 10.1. The first-order valence-electron chi connectivity index (χ1n) is 13.7. The van der Waals surface area contributed by atoms with Crippen LogP contribution in [0.25, 0.3) is 17.2 Å². The Morgan fingerprint density at radius 3 is 1.61 bits per heavy atom. The number of anilines is 2. The fraction of sp³-hybridized carbons (Fsp3) is 0.0556. The van der Waals surface area contributed by atoms with E-state index in [9.17, 15) is 9.59 Å². The van der Waals surface area contributed by atoms with E-state index in [2.05, 4.69) is 0 Å². The molecule has 0 fully saturated rings. The number of hydrogen-bond acceptors (Lipinski definition) is 8. The van der Waals surface area contributed by atoms with Gasteiger partial charge < -0.3 is 30.4 Å². The second-order valence-corrected chi connectivity index (χ2v) is 9.67. The van der Waals surface area contributed by atoms with Gasteiger partial charge in [-0.25, -0.2) is 4.79 Å². The van der Waals surface area contributed by atoms with E-state index >= 15 is 0 Å². The van der Waals surface area contributed by atoms with Gasteiger partial charge >= 0.3 is 5.97 Å². The van der Waals surface area contributed by atoms with Crippen molar-refractivity contribution in [1.82, 2.24) is 0 Å². The molecule has 0 bridgehead atoms. The maximum absolute atomic E-state index is 12.2. The Bertz CT molecular complexity index is 1710. The van der Waals surface area contributed by atoms with Crippen molar-refractivity contribution in [1.29, 1.82) is 0 Å². The molecule has 0 amide bonds. The highest BCUT2D eigenvalue weighted by molar-refractivity contribution is 6.06. The predicted octanol–water partition coefficient (Wildman–Crippen LogP) is 7.02. The molecule has 5 aromatic rings. The van der Waals surface area contributed by atoms with Crippen LogP contribution in [0.3, 0.4) is 0 Å².